The molecular weight excluding hydrogens is 171 g/mol. The Labute approximate surface area is 74.2 Å². The molecule has 2 aromatic rings. The average Bonchev–Trinajstić information content (AvgIpc) is 2.17. The monoisotopic (exact) mass is 178 g/mol. The largest absolute Gasteiger partial charge is 0.480 e. The van der Waals surface area contributed by atoms with Crippen LogP contribution in [0.2, 0.25) is 0 Å². The summed E-state index contributed by atoms with van der Waals surface area (Å²) in [5.41, 5.74) is 1.15. The molecular formula is C9H7FN2O. The van der Waals surface area contributed by atoms with Crippen molar-refractivity contribution in [3.63, 3.8) is 0 Å². The standard InChI is InChI=1S/C9H7FN2O/c1-13-9-5-11-8-4-6(10)2-3-7(8)12-9/h2-5H,1H3. The van der Waals surface area contributed by atoms with E-state index in [0.717, 1.165) is 0 Å². The lowest BCUT2D eigenvalue weighted by Crippen LogP contribution is -1.90. The summed E-state index contributed by atoms with van der Waals surface area (Å²) in [6.45, 7) is 0. The highest BCUT2D eigenvalue weighted by molar-refractivity contribution is 5.74. The van der Waals surface area contributed by atoms with Crippen LogP contribution in [0.5, 0.6) is 5.88 Å². The first kappa shape index (κ1) is 7.91. The minimum absolute atomic E-state index is 0.313. The summed E-state index contributed by atoms with van der Waals surface area (Å²) < 4.78 is 17.6. The fraction of sp³-hybridized carbons (Fsp3) is 0.111. The molecule has 0 fully saturated rings. The van der Waals surface area contributed by atoms with Crippen molar-refractivity contribution in [2.24, 2.45) is 0 Å². The van der Waals surface area contributed by atoms with Crippen molar-refractivity contribution in [1.82, 2.24) is 9.97 Å². The zero-order valence-electron chi connectivity index (χ0n) is 6.99. The highest BCUT2D eigenvalue weighted by Crippen LogP contribution is 2.13. The lowest BCUT2D eigenvalue weighted by molar-refractivity contribution is 0.397. The fourth-order valence-electron chi connectivity index (χ4n) is 1.07. The Morgan fingerprint density at radius 2 is 2.15 bits per heavy atom. The molecule has 0 N–H and O–H groups in total. The number of halogens is 1. The van der Waals surface area contributed by atoms with E-state index in [9.17, 15) is 4.39 Å². The Morgan fingerprint density at radius 1 is 1.31 bits per heavy atom. The van der Waals surface area contributed by atoms with E-state index < -0.39 is 0 Å². The summed E-state index contributed by atoms with van der Waals surface area (Å²) in [4.78, 5) is 8.07. The first-order chi connectivity index (χ1) is 6.29. The molecule has 0 amide bonds. The van der Waals surface area contributed by atoms with Crippen LogP contribution in [0.4, 0.5) is 4.39 Å². The molecule has 0 aliphatic carbocycles. The van der Waals surface area contributed by atoms with Gasteiger partial charge in [-0.3, -0.25) is 0 Å². The first-order valence-corrected chi connectivity index (χ1v) is 3.76. The summed E-state index contributed by atoms with van der Waals surface area (Å²) in [7, 11) is 1.51. The van der Waals surface area contributed by atoms with Gasteiger partial charge in [-0.15, -0.1) is 0 Å². The Bertz CT molecular complexity index is 445. The van der Waals surface area contributed by atoms with Crippen LogP contribution in [0, 0.1) is 5.82 Å². The van der Waals surface area contributed by atoms with Crippen LogP contribution >= 0.6 is 0 Å². The van der Waals surface area contributed by atoms with Gasteiger partial charge in [-0.1, -0.05) is 0 Å². The molecule has 3 nitrogen and oxygen atoms in total. The average molecular weight is 178 g/mol. The van der Waals surface area contributed by atoms with Gasteiger partial charge < -0.3 is 4.74 Å². The quantitative estimate of drug-likeness (QED) is 0.667. The summed E-state index contributed by atoms with van der Waals surface area (Å²) >= 11 is 0. The zero-order chi connectivity index (χ0) is 9.26. The van der Waals surface area contributed by atoms with Crippen LogP contribution in [0.3, 0.4) is 0 Å². The third kappa shape index (κ3) is 1.42. The van der Waals surface area contributed by atoms with E-state index in [-0.39, 0.29) is 5.82 Å². The normalized spacial score (nSPS) is 10.3. The third-order valence-electron chi connectivity index (χ3n) is 1.69. The molecule has 0 saturated heterocycles. The highest BCUT2D eigenvalue weighted by Gasteiger charge is 1.99. The zero-order valence-corrected chi connectivity index (χ0v) is 6.99. The SMILES string of the molecule is COc1cnc2cc(F)ccc2n1. The summed E-state index contributed by atoms with van der Waals surface area (Å²) in [6.07, 6.45) is 1.46. The molecule has 4 heteroatoms. The van der Waals surface area contributed by atoms with Gasteiger partial charge in [-0.2, -0.15) is 0 Å². The minimum atomic E-state index is -0.313. The summed E-state index contributed by atoms with van der Waals surface area (Å²) in [5.74, 6) is 0.117. The molecule has 0 bridgehead atoms. The van der Waals surface area contributed by atoms with E-state index in [1.165, 1.54) is 25.4 Å². The van der Waals surface area contributed by atoms with Gasteiger partial charge in [0.05, 0.1) is 24.3 Å². The Hall–Kier alpha value is -1.71. The van der Waals surface area contributed by atoms with E-state index in [2.05, 4.69) is 9.97 Å². The van der Waals surface area contributed by atoms with E-state index in [1.54, 1.807) is 6.07 Å². The summed E-state index contributed by atoms with van der Waals surface area (Å²) in [6, 6.07) is 4.25. The molecule has 0 spiro atoms. The molecule has 0 radical (unpaired) electrons. The summed E-state index contributed by atoms with van der Waals surface area (Å²) in [5, 5.41) is 0. The third-order valence-corrected chi connectivity index (χ3v) is 1.69. The van der Waals surface area contributed by atoms with Crippen molar-refractivity contribution in [2.75, 3.05) is 7.11 Å². The topological polar surface area (TPSA) is 35.0 Å². The number of methoxy groups -OCH3 is 1. The van der Waals surface area contributed by atoms with E-state index in [4.69, 9.17) is 4.74 Å². The Kier molecular flexibility index (Phi) is 1.81. The van der Waals surface area contributed by atoms with Gasteiger partial charge in [0, 0.05) is 6.07 Å². The number of fused-ring (bicyclic) bond motifs is 1. The predicted octanol–water partition coefficient (Wildman–Crippen LogP) is 1.78. The highest BCUT2D eigenvalue weighted by atomic mass is 19.1. The maximum Gasteiger partial charge on any atom is 0.232 e. The van der Waals surface area contributed by atoms with Crippen LogP contribution in [0.15, 0.2) is 24.4 Å². The van der Waals surface area contributed by atoms with Crippen molar-refractivity contribution < 1.29 is 9.13 Å². The van der Waals surface area contributed by atoms with Crippen molar-refractivity contribution in [1.29, 1.82) is 0 Å². The van der Waals surface area contributed by atoms with Crippen molar-refractivity contribution in [3.8, 4) is 5.88 Å². The van der Waals surface area contributed by atoms with Gasteiger partial charge >= 0.3 is 0 Å². The van der Waals surface area contributed by atoms with Gasteiger partial charge in [0.15, 0.2) is 0 Å². The van der Waals surface area contributed by atoms with E-state index in [1.807, 2.05) is 0 Å². The molecule has 1 aromatic carbocycles. The molecule has 1 aromatic heterocycles. The molecule has 0 aliphatic rings. The predicted molar refractivity (Wildman–Crippen MR) is 46.0 cm³/mol. The number of benzene rings is 1. The van der Waals surface area contributed by atoms with Crippen molar-refractivity contribution >= 4 is 11.0 Å². The Balaban J connectivity index is 2.66. The van der Waals surface area contributed by atoms with Gasteiger partial charge in [-0.25, -0.2) is 14.4 Å². The molecule has 2 rings (SSSR count). The fourth-order valence-corrected chi connectivity index (χ4v) is 1.07. The molecule has 1 heterocycles. The maximum atomic E-state index is 12.7. The van der Waals surface area contributed by atoms with Crippen LogP contribution in [-0.4, -0.2) is 17.1 Å². The second-order valence-corrected chi connectivity index (χ2v) is 2.55. The maximum absolute atomic E-state index is 12.7. The Morgan fingerprint density at radius 3 is 2.92 bits per heavy atom. The number of aromatic nitrogens is 2. The number of hydrogen-bond donors (Lipinski definition) is 0. The van der Waals surface area contributed by atoms with Crippen LogP contribution < -0.4 is 4.74 Å². The first-order valence-electron chi connectivity index (χ1n) is 3.76. The molecule has 0 saturated carbocycles. The van der Waals surface area contributed by atoms with Crippen LogP contribution in [-0.2, 0) is 0 Å². The molecule has 0 unspecified atom stereocenters. The van der Waals surface area contributed by atoms with Crippen molar-refractivity contribution in [3.05, 3.63) is 30.2 Å². The van der Waals surface area contributed by atoms with Gasteiger partial charge in [0.25, 0.3) is 0 Å². The van der Waals surface area contributed by atoms with Crippen LogP contribution in [0.1, 0.15) is 0 Å². The van der Waals surface area contributed by atoms with Crippen molar-refractivity contribution in [2.45, 2.75) is 0 Å². The van der Waals surface area contributed by atoms with Gasteiger partial charge in [0.1, 0.15) is 5.82 Å². The number of hydrogen-bond acceptors (Lipinski definition) is 3. The van der Waals surface area contributed by atoms with Crippen LogP contribution in [0.25, 0.3) is 11.0 Å². The minimum Gasteiger partial charge on any atom is -0.480 e. The lowest BCUT2D eigenvalue weighted by Gasteiger charge is -1.99. The lowest BCUT2D eigenvalue weighted by atomic mass is 10.3. The van der Waals surface area contributed by atoms with Gasteiger partial charge in [-0.05, 0) is 12.1 Å². The van der Waals surface area contributed by atoms with Gasteiger partial charge in [0.2, 0.25) is 5.88 Å². The second kappa shape index (κ2) is 2.97. The number of nitrogens with zero attached hydrogens (tertiary/aromatic N) is 2. The second-order valence-electron chi connectivity index (χ2n) is 2.55. The number of rotatable bonds is 1. The molecule has 13 heavy (non-hydrogen) atoms. The smallest absolute Gasteiger partial charge is 0.232 e. The molecule has 66 valence electrons. The molecule has 0 aliphatic heterocycles. The van der Waals surface area contributed by atoms with E-state index in [0.29, 0.717) is 16.9 Å². The molecule has 0 atom stereocenters. The van der Waals surface area contributed by atoms with E-state index >= 15 is 0 Å². The number of ether oxygens (including phenoxy) is 1.